The highest BCUT2D eigenvalue weighted by Crippen LogP contribution is 2.32. The van der Waals surface area contributed by atoms with E-state index >= 15 is 0 Å². The van der Waals surface area contributed by atoms with Gasteiger partial charge in [-0.05, 0) is 31.5 Å². The van der Waals surface area contributed by atoms with Crippen molar-refractivity contribution in [1.29, 1.82) is 0 Å². The molecule has 0 unspecified atom stereocenters. The van der Waals surface area contributed by atoms with Gasteiger partial charge in [-0.1, -0.05) is 43.0 Å². The van der Waals surface area contributed by atoms with E-state index in [1.807, 2.05) is 6.07 Å². The Morgan fingerprint density at radius 2 is 2.05 bits per heavy atom. The Morgan fingerprint density at radius 1 is 1.32 bits per heavy atom. The van der Waals surface area contributed by atoms with E-state index in [0.717, 1.165) is 12.1 Å². The standard InChI is InChI=1S/C15H19Cl2NO/c1-4-5-6-19-15-12(10-18-9-11(2)3)7-13(16)8-14(15)17/h7-8,11,18H,6,9-10H2,1-3H3. The molecule has 0 bridgehead atoms. The third kappa shape index (κ3) is 5.74. The fraction of sp³-hybridized carbons (Fsp3) is 0.467. The summed E-state index contributed by atoms with van der Waals surface area (Å²) in [6, 6.07) is 3.55. The predicted octanol–water partition coefficient (Wildman–Crippen LogP) is 4.14. The van der Waals surface area contributed by atoms with Gasteiger partial charge in [0.25, 0.3) is 0 Å². The average molecular weight is 300 g/mol. The van der Waals surface area contributed by atoms with E-state index in [1.54, 1.807) is 13.0 Å². The lowest BCUT2D eigenvalue weighted by Crippen LogP contribution is -2.19. The summed E-state index contributed by atoms with van der Waals surface area (Å²) >= 11 is 12.2. The van der Waals surface area contributed by atoms with Gasteiger partial charge in [-0.2, -0.15) is 0 Å². The zero-order valence-corrected chi connectivity index (χ0v) is 13.0. The van der Waals surface area contributed by atoms with Crippen molar-refractivity contribution >= 4 is 23.2 Å². The first-order valence-corrected chi connectivity index (χ1v) is 7.01. The predicted molar refractivity (Wildman–Crippen MR) is 82.0 cm³/mol. The molecule has 0 heterocycles. The molecule has 0 saturated carbocycles. The van der Waals surface area contributed by atoms with E-state index in [9.17, 15) is 0 Å². The summed E-state index contributed by atoms with van der Waals surface area (Å²) in [5.74, 6) is 6.89. The van der Waals surface area contributed by atoms with Gasteiger partial charge in [-0.15, -0.1) is 5.92 Å². The molecule has 1 rings (SSSR count). The molecule has 0 aliphatic carbocycles. The first-order chi connectivity index (χ1) is 9.04. The topological polar surface area (TPSA) is 21.3 Å². The van der Waals surface area contributed by atoms with Crippen molar-refractivity contribution in [3.05, 3.63) is 27.7 Å². The second-order valence-corrected chi connectivity index (χ2v) is 5.46. The fourth-order valence-electron chi connectivity index (χ4n) is 1.58. The zero-order chi connectivity index (χ0) is 14.3. The largest absolute Gasteiger partial charge is 0.479 e. The lowest BCUT2D eigenvalue weighted by Gasteiger charge is -2.14. The van der Waals surface area contributed by atoms with Crippen LogP contribution < -0.4 is 10.1 Å². The van der Waals surface area contributed by atoms with Gasteiger partial charge in [0.05, 0.1) is 5.02 Å². The smallest absolute Gasteiger partial charge is 0.149 e. The maximum Gasteiger partial charge on any atom is 0.149 e. The molecule has 0 aliphatic heterocycles. The maximum atomic E-state index is 6.17. The summed E-state index contributed by atoms with van der Waals surface area (Å²) in [4.78, 5) is 0. The van der Waals surface area contributed by atoms with Crippen molar-refractivity contribution in [3.8, 4) is 17.6 Å². The van der Waals surface area contributed by atoms with Crippen LogP contribution in [0.3, 0.4) is 0 Å². The summed E-state index contributed by atoms with van der Waals surface area (Å²) in [5.41, 5.74) is 0.955. The van der Waals surface area contributed by atoms with E-state index in [1.165, 1.54) is 0 Å². The van der Waals surface area contributed by atoms with E-state index in [-0.39, 0.29) is 0 Å². The van der Waals surface area contributed by atoms with Crippen LogP contribution in [0.1, 0.15) is 26.3 Å². The number of rotatable bonds is 6. The molecule has 0 fully saturated rings. The summed E-state index contributed by atoms with van der Waals surface area (Å²) in [6.45, 7) is 8.02. The normalized spacial score (nSPS) is 10.2. The lowest BCUT2D eigenvalue weighted by atomic mass is 10.1. The van der Waals surface area contributed by atoms with Crippen molar-refractivity contribution < 1.29 is 4.74 Å². The zero-order valence-electron chi connectivity index (χ0n) is 11.5. The monoisotopic (exact) mass is 299 g/mol. The average Bonchev–Trinajstić information content (AvgIpc) is 2.32. The summed E-state index contributed by atoms with van der Waals surface area (Å²) in [5, 5.41) is 4.48. The molecule has 0 atom stereocenters. The van der Waals surface area contributed by atoms with Crippen molar-refractivity contribution in [3.63, 3.8) is 0 Å². The Kier molecular flexibility index (Phi) is 7.09. The Balaban J connectivity index is 2.82. The minimum absolute atomic E-state index is 0.328. The molecule has 1 aromatic carbocycles. The number of nitrogens with one attached hydrogen (secondary N) is 1. The summed E-state index contributed by atoms with van der Waals surface area (Å²) < 4.78 is 5.62. The van der Waals surface area contributed by atoms with Crippen molar-refractivity contribution in [2.24, 2.45) is 5.92 Å². The maximum absolute atomic E-state index is 6.17. The molecule has 104 valence electrons. The van der Waals surface area contributed by atoms with Crippen molar-refractivity contribution in [2.45, 2.75) is 27.3 Å². The number of ether oxygens (including phenoxy) is 1. The van der Waals surface area contributed by atoms with E-state index < -0.39 is 0 Å². The quantitative estimate of drug-likeness (QED) is 0.797. The van der Waals surface area contributed by atoms with Gasteiger partial charge in [0, 0.05) is 17.1 Å². The molecule has 19 heavy (non-hydrogen) atoms. The number of hydrogen-bond donors (Lipinski definition) is 1. The summed E-state index contributed by atoms with van der Waals surface area (Å²) in [6.07, 6.45) is 0. The van der Waals surface area contributed by atoms with Crippen LogP contribution >= 0.6 is 23.2 Å². The molecule has 1 aromatic rings. The van der Waals surface area contributed by atoms with E-state index in [4.69, 9.17) is 27.9 Å². The Hall–Kier alpha value is -0.880. The van der Waals surface area contributed by atoms with Gasteiger partial charge in [-0.25, -0.2) is 0 Å². The molecule has 0 saturated heterocycles. The van der Waals surface area contributed by atoms with Crippen LogP contribution in [0.25, 0.3) is 0 Å². The lowest BCUT2D eigenvalue weighted by molar-refractivity contribution is 0.364. The first kappa shape index (κ1) is 16.2. The molecule has 0 aliphatic rings. The van der Waals surface area contributed by atoms with Crippen LogP contribution in [0.15, 0.2) is 12.1 Å². The number of halogens is 2. The first-order valence-electron chi connectivity index (χ1n) is 6.25. The Labute approximate surface area is 125 Å². The van der Waals surface area contributed by atoms with Gasteiger partial charge >= 0.3 is 0 Å². The highest BCUT2D eigenvalue weighted by molar-refractivity contribution is 6.35. The second-order valence-electron chi connectivity index (χ2n) is 4.62. The second kappa shape index (κ2) is 8.32. The van der Waals surface area contributed by atoms with Crippen LogP contribution in [-0.2, 0) is 6.54 Å². The van der Waals surface area contributed by atoms with Gasteiger partial charge < -0.3 is 10.1 Å². The Morgan fingerprint density at radius 3 is 2.68 bits per heavy atom. The minimum Gasteiger partial charge on any atom is -0.479 e. The molecule has 0 amide bonds. The molecule has 1 N–H and O–H groups in total. The third-order valence-electron chi connectivity index (χ3n) is 2.42. The van der Waals surface area contributed by atoms with Gasteiger partial charge in [-0.3, -0.25) is 0 Å². The van der Waals surface area contributed by atoms with E-state index in [2.05, 4.69) is 31.0 Å². The van der Waals surface area contributed by atoms with Gasteiger partial charge in [0.2, 0.25) is 0 Å². The highest BCUT2D eigenvalue weighted by Gasteiger charge is 2.10. The molecule has 0 spiro atoms. The molecule has 4 heteroatoms. The summed E-state index contributed by atoms with van der Waals surface area (Å²) in [7, 11) is 0. The number of hydrogen-bond acceptors (Lipinski definition) is 2. The van der Waals surface area contributed by atoms with Crippen molar-refractivity contribution in [2.75, 3.05) is 13.2 Å². The van der Waals surface area contributed by atoms with Crippen LogP contribution in [0.4, 0.5) is 0 Å². The van der Waals surface area contributed by atoms with E-state index in [0.29, 0.717) is 34.9 Å². The van der Waals surface area contributed by atoms with Gasteiger partial charge in [0.15, 0.2) is 0 Å². The number of benzene rings is 1. The van der Waals surface area contributed by atoms with Crippen LogP contribution in [0.2, 0.25) is 10.0 Å². The van der Waals surface area contributed by atoms with Crippen molar-refractivity contribution in [1.82, 2.24) is 5.32 Å². The molecule has 0 aromatic heterocycles. The fourth-order valence-corrected chi connectivity index (χ4v) is 2.17. The Bertz CT molecular complexity index is 475. The molecular formula is C15H19Cl2NO. The molecule has 0 radical (unpaired) electrons. The van der Waals surface area contributed by atoms with Crippen LogP contribution in [-0.4, -0.2) is 13.2 Å². The van der Waals surface area contributed by atoms with Crippen LogP contribution in [0, 0.1) is 17.8 Å². The third-order valence-corrected chi connectivity index (χ3v) is 2.92. The molecule has 2 nitrogen and oxygen atoms in total. The SMILES string of the molecule is CC#CCOc1c(Cl)cc(Cl)cc1CNCC(C)C. The molecular weight excluding hydrogens is 281 g/mol. The van der Waals surface area contributed by atoms with Crippen LogP contribution in [0.5, 0.6) is 5.75 Å². The highest BCUT2D eigenvalue weighted by atomic mass is 35.5. The van der Waals surface area contributed by atoms with Gasteiger partial charge in [0.1, 0.15) is 12.4 Å². The minimum atomic E-state index is 0.328.